The largest absolute Gasteiger partial charge is 0.395 e. The predicted molar refractivity (Wildman–Crippen MR) is 60.5 cm³/mol. The molecule has 0 radical (unpaired) electrons. The van der Waals surface area contributed by atoms with Crippen molar-refractivity contribution in [2.75, 3.05) is 12.4 Å². The van der Waals surface area contributed by atoms with E-state index in [1.807, 2.05) is 25.1 Å². The van der Waals surface area contributed by atoms with E-state index in [2.05, 4.69) is 0 Å². The standard InChI is InChI=1S/C11H16O3S/c1-9-4-3-5-11(8-9)10(2)15(13,14)7-6-12/h3-5,8,10,12H,6-7H2,1-2H3/t10-/m1/s1. The minimum atomic E-state index is -3.23. The summed E-state index contributed by atoms with van der Waals surface area (Å²) in [7, 11) is -3.23. The highest BCUT2D eigenvalue weighted by Crippen LogP contribution is 2.22. The molecule has 0 bridgehead atoms. The van der Waals surface area contributed by atoms with Gasteiger partial charge in [-0.25, -0.2) is 8.42 Å². The Balaban J connectivity index is 2.99. The van der Waals surface area contributed by atoms with Crippen LogP contribution in [0.15, 0.2) is 24.3 Å². The van der Waals surface area contributed by atoms with Crippen molar-refractivity contribution >= 4 is 9.84 Å². The van der Waals surface area contributed by atoms with Crippen LogP contribution >= 0.6 is 0 Å². The van der Waals surface area contributed by atoms with Crippen LogP contribution in [0, 0.1) is 6.92 Å². The van der Waals surface area contributed by atoms with Gasteiger partial charge in [0.1, 0.15) is 0 Å². The average Bonchev–Trinajstić information content (AvgIpc) is 2.16. The molecule has 1 aromatic rings. The van der Waals surface area contributed by atoms with Gasteiger partial charge in [-0.15, -0.1) is 0 Å². The van der Waals surface area contributed by atoms with Crippen LogP contribution in [0.25, 0.3) is 0 Å². The van der Waals surface area contributed by atoms with E-state index < -0.39 is 15.1 Å². The first kappa shape index (κ1) is 12.2. The van der Waals surface area contributed by atoms with Crippen LogP contribution in [0.5, 0.6) is 0 Å². The fourth-order valence-electron chi connectivity index (χ4n) is 1.43. The van der Waals surface area contributed by atoms with E-state index in [4.69, 9.17) is 5.11 Å². The summed E-state index contributed by atoms with van der Waals surface area (Å²) in [5, 5.41) is 8.12. The summed E-state index contributed by atoms with van der Waals surface area (Å²) in [6, 6.07) is 7.43. The number of rotatable bonds is 4. The molecule has 0 spiro atoms. The fourth-order valence-corrected chi connectivity index (χ4v) is 2.60. The maximum Gasteiger partial charge on any atom is 0.159 e. The number of hydrogen-bond acceptors (Lipinski definition) is 3. The molecule has 0 aromatic heterocycles. The molecule has 1 aromatic carbocycles. The molecule has 1 atom stereocenters. The van der Waals surface area contributed by atoms with Crippen LogP contribution < -0.4 is 0 Å². The van der Waals surface area contributed by atoms with Crippen LogP contribution in [0.2, 0.25) is 0 Å². The second-order valence-electron chi connectivity index (χ2n) is 3.65. The van der Waals surface area contributed by atoms with Gasteiger partial charge >= 0.3 is 0 Å². The molecule has 0 amide bonds. The van der Waals surface area contributed by atoms with Gasteiger partial charge in [-0.2, -0.15) is 0 Å². The van der Waals surface area contributed by atoms with E-state index in [1.54, 1.807) is 13.0 Å². The van der Waals surface area contributed by atoms with E-state index in [-0.39, 0.29) is 12.4 Å². The first-order chi connectivity index (χ1) is 6.97. The zero-order chi connectivity index (χ0) is 11.5. The molecule has 0 aliphatic carbocycles. The van der Waals surface area contributed by atoms with Crippen molar-refractivity contribution in [1.82, 2.24) is 0 Å². The average molecular weight is 228 g/mol. The van der Waals surface area contributed by atoms with Gasteiger partial charge in [-0.05, 0) is 19.4 Å². The lowest BCUT2D eigenvalue weighted by atomic mass is 10.1. The molecule has 3 nitrogen and oxygen atoms in total. The molecule has 0 heterocycles. The molecule has 0 aliphatic heterocycles. The molecule has 0 saturated carbocycles. The first-order valence-corrected chi connectivity index (χ1v) is 6.58. The normalized spacial score (nSPS) is 13.8. The second-order valence-corrected chi connectivity index (χ2v) is 6.09. The summed E-state index contributed by atoms with van der Waals surface area (Å²) in [6.45, 7) is 3.26. The van der Waals surface area contributed by atoms with Crippen LogP contribution in [0.4, 0.5) is 0 Å². The molecule has 0 saturated heterocycles. The SMILES string of the molecule is Cc1cccc([C@@H](C)S(=O)(=O)CCO)c1. The summed E-state index contributed by atoms with van der Waals surface area (Å²) in [5.41, 5.74) is 1.82. The Morgan fingerprint density at radius 2 is 2.07 bits per heavy atom. The fraction of sp³-hybridized carbons (Fsp3) is 0.455. The molecule has 0 aliphatic rings. The minimum absolute atomic E-state index is 0.178. The Morgan fingerprint density at radius 1 is 1.40 bits per heavy atom. The molecule has 1 rings (SSSR count). The zero-order valence-electron chi connectivity index (χ0n) is 8.97. The Morgan fingerprint density at radius 3 is 2.60 bits per heavy atom. The lowest BCUT2D eigenvalue weighted by Gasteiger charge is -2.12. The predicted octanol–water partition coefficient (Wildman–Crippen LogP) is 1.46. The van der Waals surface area contributed by atoms with Crippen LogP contribution in [0.1, 0.15) is 23.3 Å². The van der Waals surface area contributed by atoms with Gasteiger partial charge < -0.3 is 5.11 Å². The zero-order valence-corrected chi connectivity index (χ0v) is 9.79. The molecule has 0 unspecified atom stereocenters. The molecule has 15 heavy (non-hydrogen) atoms. The highest BCUT2D eigenvalue weighted by Gasteiger charge is 2.21. The number of sulfone groups is 1. The van der Waals surface area contributed by atoms with Crippen molar-refractivity contribution in [3.8, 4) is 0 Å². The van der Waals surface area contributed by atoms with Crippen molar-refractivity contribution in [1.29, 1.82) is 0 Å². The summed E-state index contributed by atoms with van der Waals surface area (Å²) in [6.07, 6.45) is 0. The Hall–Kier alpha value is -0.870. The molecular weight excluding hydrogens is 212 g/mol. The smallest absolute Gasteiger partial charge is 0.159 e. The Kier molecular flexibility index (Phi) is 3.88. The topological polar surface area (TPSA) is 54.4 Å². The Bertz CT molecular complexity index is 423. The minimum Gasteiger partial charge on any atom is -0.395 e. The van der Waals surface area contributed by atoms with Gasteiger partial charge in [-0.3, -0.25) is 0 Å². The lowest BCUT2D eigenvalue weighted by molar-refractivity contribution is 0.319. The molecule has 4 heteroatoms. The molecule has 1 N–H and O–H groups in total. The second kappa shape index (κ2) is 4.77. The van der Waals surface area contributed by atoms with Crippen molar-refractivity contribution in [3.63, 3.8) is 0 Å². The maximum atomic E-state index is 11.7. The third kappa shape index (κ3) is 3.04. The van der Waals surface area contributed by atoms with Gasteiger partial charge in [0, 0.05) is 0 Å². The van der Waals surface area contributed by atoms with Crippen molar-refractivity contribution < 1.29 is 13.5 Å². The van der Waals surface area contributed by atoms with Gasteiger partial charge in [0.05, 0.1) is 17.6 Å². The van der Waals surface area contributed by atoms with Gasteiger partial charge in [0.15, 0.2) is 9.84 Å². The monoisotopic (exact) mass is 228 g/mol. The van der Waals surface area contributed by atoms with E-state index in [0.717, 1.165) is 11.1 Å². The molecular formula is C11H16O3S. The number of benzene rings is 1. The number of aryl methyl sites for hydroxylation is 1. The van der Waals surface area contributed by atoms with E-state index in [1.165, 1.54) is 0 Å². The quantitative estimate of drug-likeness (QED) is 0.849. The third-order valence-corrected chi connectivity index (χ3v) is 4.53. The summed E-state index contributed by atoms with van der Waals surface area (Å²) in [4.78, 5) is 0. The molecule has 84 valence electrons. The number of hydrogen-bond donors (Lipinski definition) is 1. The highest BCUT2D eigenvalue weighted by atomic mass is 32.2. The van der Waals surface area contributed by atoms with Gasteiger partial charge in [0.25, 0.3) is 0 Å². The van der Waals surface area contributed by atoms with Crippen LogP contribution in [-0.4, -0.2) is 25.9 Å². The highest BCUT2D eigenvalue weighted by molar-refractivity contribution is 7.91. The van der Waals surface area contributed by atoms with Crippen molar-refractivity contribution in [3.05, 3.63) is 35.4 Å². The first-order valence-electron chi connectivity index (χ1n) is 4.86. The Labute approximate surface area is 90.7 Å². The van der Waals surface area contributed by atoms with Crippen LogP contribution in [0.3, 0.4) is 0 Å². The van der Waals surface area contributed by atoms with Crippen molar-refractivity contribution in [2.24, 2.45) is 0 Å². The van der Waals surface area contributed by atoms with Gasteiger partial charge in [-0.1, -0.05) is 29.8 Å². The summed E-state index contributed by atoms with van der Waals surface area (Å²) < 4.78 is 23.4. The molecule has 0 fully saturated rings. The number of aliphatic hydroxyl groups excluding tert-OH is 1. The van der Waals surface area contributed by atoms with E-state index in [0.29, 0.717) is 0 Å². The summed E-state index contributed by atoms with van der Waals surface area (Å²) >= 11 is 0. The van der Waals surface area contributed by atoms with Crippen molar-refractivity contribution in [2.45, 2.75) is 19.1 Å². The number of aliphatic hydroxyl groups is 1. The summed E-state index contributed by atoms with van der Waals surface area (Å²) in [5.74, 6) is -0.178. The van der Waals surface area contributed by atoms with Gasteiger partial charge in [0.2, 0.25) is 0 Å². The van der Waals surface area contributed by atoms with E-state index in [9.17, 15) is 8.42 Å². The maximum absolute atomic E-state index is 11.7. The van der Waals surface area contributed by atoms with E-state index >= 15 is 0 Å². The lowest BCUT2D eigenvalue weighted by Crippen LogP contribution is -2.16. The van der Waals surface area contributed by atoms with Crippen LogP contribution in [-0.2, 0) is 9.84 Å². The third-order valence-electron chi connectivity index (χ3n) is 2.43.